The minimum atomic E-state index is -0.911. The second-order valence-corrected chi connectivity index (χ2v) is 7.92. The number of imidazole rings is 1. The number of aryl methyl sites for hydroxylation is 1. The molecule has 0 saturated heterocycles. The molecule has 9 heteroatoms. The number of carbonyl (C=O) groups excluding carboxylic acids is 2. The standard InChI is InChI=1S/C27H25N5O4/c1-4-21-30-14-15-31(21)18-10-12-19(13-11-18)32-24(27(34)36-3)23(26(33)35-2)22(20(16-28)25(32)29)17-8-6-5-7-9-17/h5-15,22H,4,29H2,1-3H3. The van der Waals surface area contributed by atoms with Gasteiger partial charge in [-0.25, -0.2) is 14.6 Å². The van der Waals surface area contributed by atoms with Gasteiger partial charge in [-0.2, -0.15) is 5.26 Å². The van der Waals surface area contributed by atoms with Gasteiger partial charge in [0.25, 0.3) is 0 Å². The third-order valence-corrected chi connectivity index (χ3v) is 6.03. The van der Waals surface area contributed by atoms with Crippen molar-refractivity contribution in [2.45, 2.75) is 19.3 Å². The van der Waals surface area contributed by atoms with E-state index in [1.807, 2.05) is 35.9 Å². The Labute approximate surface area is 208 Å². The van der Waals surface area contributed by atoms with Crippen LogP contribution in [0.5, 0.6) is 0 Å². The van der Waals surface area contributed by atoms with Crippen molar-refractivity contribution in [2.75, 3.05) is 19.1 Å². The van der Waals surface area contributed by atoms with Crippen LogP contribution in [0, 0.1) is 11.3 Å². The molecular formula is C27H25N5O4. The van der Waals surface area contributed by atoms with Crippen molar-refractivity contribution in [2.24, 2.45) is 5.73 Å². The van der Waals surface area contributed by atoms with Crippen LogP contribution < -0.4 is 10.6 Å². The van der Waals surface area contributed by atoms with Crippen LogP contribution in [0.1, 0.15) is 24.2 Å². The molecule has 1 aromatic heterocycles. The van der Waals surface area contributed by atoms with Crippen LogP contribution in [0.3, 0.4) is 0 Å². The Morgan fingerprint density at radius 3 is 2.25 bits per heavy atom. The summed E-state index contributed by atoms with van der Waals surface area (Å²) in [4.78, 5) is 32.0. The molecule has 2 aromatic carbocycles. The molecule has 182 valence electrons. The van der Waals surface area contributed by atoms with E-state index < -0.39 is 17.9 Å². The topological polar surface area (TPSA) is 123 Å². The van der Waals surface area contributed by atoms with Gasteiger partial charge in [-0.3, -0.25) is 4.90 Å². The molecule has 0 radical (unpaired) electrons. The highest BCUT2D eigenvalue weighted by atomic mass is 16.5. The molecule has 1 aliphatic heterocycles. The molecule has 36 heavy (non-hydrogen) atoms. The predicted molar refractivity (Wildman–Crippen MR) is 132 cm³/mol. The van der Waals surface area contributed by atoms with E-state index in [0.717, 1.165) is 17.9 Å². The molecule has 1 unspecified atom stereocenters. The number of benzene rings is 2. The lowest BCUT2D eigenvalue weighted by atomic mass is 9.81. The number of rotatable bonds is 6. The molecule has 1 aliphatic rings. The lowest BCUT2D eigenvalue weighted by Gasteiger charge is -2.36. The van der Waals surface area contributed by atoms with Crippen LogP contribution in [0.15, 0.2) is 89.7 Å². The summed E-state index contributed by atoms with van der Waals surface area (Å²) in [5.41, 5.74) is 8.43. The number of anilines is 1. The summed E-state index contributed by atoms with van der Waals surface area (Å²) in [5.74, 6) is -1.56. The number of hydrogen-bond acceptors (Lipinski definition) is 8. The Kier molecular flexibility index (Phi) is 6.88. The van der Waals surface area contributed by atoms with Crippen molar-refractivity contribution in [1.29, 1.82) is 5.26 Å². The number of carbonyl (C=O) groups is 2. The van der Waals surface area contributed by atoms with Crippen molar-refractivity contribution in [1.82, 2.24) is 9.55 Å². The van der Waals surface area contributed by atoms with E-state index in [-0.39, 0.29) is 22.7 Å². The molecule has 3 aromatic rings. The van der Waals surface area contributed by atoms with E-state index in [2.05, 4.69) is 11.1 Å². The van der Waals surface area contributed by atoms with Crippen LogP contribution in [-0.2, 0) is 25.5 Å². The quantitative estimate of drug-likeness (QED) is 0.530. The average molecular weight is 484 g/mol. The zero-order valence-corrected chi connectivity index (χ0v) is 20.1. The highest BCUT2D eigenvalue weighted by Gasteiger charge is 2.42. The van der Waals surface area contributed by atoms with Crippen molar-refractivity contribution < 1.29 is 19.1 Å². The second-order valence-electron chi connectivity index (χ2n) is 7.92. The van der Waals surface area contributed by atoms with Gasteiger partial charge >= 0.3 is 11.9 Å². The molecular weight excluding hydrogens is 458 g/mol. The van der Waals surface area contributed by atoms with Gasteiger partial charge in [0.15, 0.2) is 0 Å². The fraction of sp³-hybridized carbons (Fsp3) is 0.185. The summed E-state index contributed by atoms with van der Waals surface area (Å²) in [6.45, 7) is 2.01. The minimum absolute atomic E-state index is 0.0176. The molecule has 0 spiro atoms. The first-order valence-corrected chi connectivity index (χ1v) is 11.2. The second kappa shape index (κ2) is 10.2. The molecule has 2 heterocycles. The zero-order chi connectivity index (χ0) is 25.8. The summed E-state index contributed by atoms with van der Waals surface area (Å²) in [7, 11) is 2.43. The number of aromatic nitrogens is 2. The van der Waals surface area contributed by atoms with E-state index in [1.54, 1.807) is 42.6 Å². The summed E-state index contributed by atoms with van der Waals surface area (Å²) in [5, 5.41) is 10.1. The van der Waals surface area contributed by atoms with Crippen LogP contribution in [0.25, 0.3) is 5.69 Å². The largest absolute Gasteiger partial charge is 0.466 e. The lowest BCUT2D eigenvalue weighted by molar-refractivity contribution is -0.139. The smallest absolute Gasteiger partial charge is 0.355 e. The van der Waals surface area contributed by atoms with E-state index in [9.17, 15) is 14.9 Å². The maximum Gasteiger partial charge on any atom is 0.355 e. The summed E-state index contributed by atoms with van der Waals surface area (Å²) in [6, 6.07) is 18.2. The third kappa shape index (κ3) is 4.09. The predicted octanol–water partition coefficient (Wildman–Crippen LogP) is 3.33. The SMILES string of the molecule is CCc1nccn1-c1ccc(N2C(N)=C(C#N)C(c3ccccc3)C(C(=O)OC)=C2C(=O)OC)cc1. The van der Waals surface area contributed by atoms with Gasteiger partial charge < -0.3 is 19.8 Å². The molecule has 1 atom stereocenters. The summed E-state index contributed by atoms with van der Waals surface area (Å²) in [6.07, 6.45) is 4.33. The van der Waals surface area contributed by atoms with Crippen LogP contribution >= 0.6 is 0 Å². The van der Waals surface area contributed by atoms with E-state index >= 15 is 0 Å². The van der Waals surface area contributed by atoms with Gasteiger partial charge in [0.2, 0.25) is 0 Å². The number of esters is 2. The lowest BCUT2D eigenvalue weighted by Crippen LogP contribution is -2.40. The molecule has 0 saturated carbocycles. The Balaban J connectivity index is 1.94. The molecule has 0 aliphatic carbocycles. The Morgan fingerprint density at radius 1 is 1.03 bits per heavy atom. The first-order valence-electron chi connectivity index (χ1n) is 11.2. The Bertz CT molecular complexity index is 1400. The number of allylic oxidation sites excluding steroid dienone is 1. The molecule has 0 amide bonds. The first kappa shape index (κ1) is 24.3. The van der Waals surface area contributed by atoms with Gasteiger partial charge in [-0.15, -0.1) is 0 Å². The monoisotopic (exact) mass is 483 g/mol. The number of nitrogens with two attached hydrogens (primary N) is 1. The first-order chi connectivity index (χ1) is 17.5. The van der Waals surface area contributed by atoms with Gasteiger partial charge in [0.05, 0.1) is 37.4 Å². The number of hydrogen-bond donors (Lipinski definition) is 1. The summed E-state index contributed by atoms with van der Waals surface area (Å²) >= 11 is 0. The van der Waals surface area contributed by atoms with Crippen molar-refractivity contribution in [3.8, 4) is 11.8 Å². The van der Waals surface area contributed by atoms with Crippen molar-refractivity contribution >= 4 is 17.6 Å². The Hall–Kier alpha value is -4.84. The van der Waals surface area contributed by atoms with E-state index in [0.29, 0.717) is 11.3 Å². The highest BCUT2D eigenvalue weighted by Crippen LogP contribution is 2.43. The zero-order valence-electron chi connectivity index (χ0n) is 20.1. The maximum atomic E-state index is 13.1. The fourth-order valence-corrected chi connectivity index (χ4v) is 4.37. The fourth-order valence-electron chi connectivity index (χ4n) is 4.37. The molecule has 0 bridgehead atoms. The van der Waals surface area contributed by atoms with Gasteiger partial charge in [0, 0.05) is 30.2 Å². The average Bonchev–Trinajstić information content (AvgIpc) is 3.41. The minimum Gasteiger partial charge on any atom is -0.466 e. The number of ether oxygens (including phenoxy) is 2. The van der Waals surface area contributed by atoms with Gasteiger partial charge in [-0.1, -0.05) is 37.3 Å². The normalized spacial score (nSPS) is 15.5. The van der Waals surface area contributed by atoms with Crippen LogP contribution in [-0.4, -0.2) is 35.7 Å². The van der Waals surface area contributed by atoms with Crippen LogP contribution in [0.4, 0.5) is 5.69 Å². The number of nitriles is 1. The van der Waals surface area contributed by atoms with Crippen molar-refractivity contribution in [3.05, 3.63) is 101 Å². The van der Waals surface area contributed by atoms with Crippen LogP contribution in [0.2, 0.25) is 0 Å². The van der Waals surface area contributed by atoms with E-state index in [1.165, 1.54) is 19.1 Å². The van der Waals surface area contributed by atoms with E-state index in [4.69, 9.17) is 15.2 Å². The molecule has 0 fully saturated rings. The highest BCUT2D eigenvalue weighted by molar-refractivity contribution is 6.06. The van der Waals surface area contributed by atoms with Crippen molar-refractivity contribution in [3.63, 3.8) is 0 Å². The van der Waals surface area contributed by atoms with Gasteiger partial charge in [-0.05, 0) is 29.8 Å². The molecule has 9 nitrogen and oxygen atoms in total. The maximum absolute atomic E-state index is 13.1. The van der Waals surface area contributed by atoms with Gasteiger partial charge in [0.1, 0.15) is 17.3 Å². The summed E-state index contributed by atoms with van der Waals surface area (Å²) < 4.78 is 12.1. The Morgan fingerprint density at radius 2 is 1.67 bits per heavy atom. The molecule has 2 N–H and O–H groups in total. The number of methoxy groups -OCH3 is 2. The third-order valence-electron chi connectivity index (χ3n) is 6.03. The molecule has 4 rings (SSSR count). The number of nitrogens with zero attached hydrogens (tertiary/aromatic N) is 4.